The van der Waals surface area contributed by atoms with E-state index >= 15 is 0 Å². The lowest BCUT2D eigenvalue weighted by atomic mass is 10.0. The Morgan fingerprint density at radius 2 is 0.484 bits per heavy atom. The molecule has 0 rings (SSSR count). The minimum atomic E-state index is 1.29. The van der Waals surface area contributed by atoms with Gasteiger partial charge in [0.1, 0.15) is 0 Å². The Bertz CT molecular complexity index is 351. The molecule has 0 aliphatic rings. The van der Waals surface area contributed by atoms with Gasteiger partial charge in [-0.1, -0.05) is 154 Å². The summed E-state index contributed by atoms with van der Waals surface area (Å²) in [4.78, 5) is 0. The highest BCUT2D eigenvalue weighted by Crippen LogP contribution is 2.14. The Kier molecular flexibility index (Phi) is 29.0. The van der Waals surface area contributed by atoms with Gasteiger partial charge in [-0.15, -0.1) is 0 Å². The van der Waals surface area contributed by atoms with Crippen LogP contribution in [0.3, 0.4) is 0 Å². The van der Waals surface area contributed by atoms with Gasteiger partial charge in [0, 0.05) is 0 Å². The second-order valence-corrected chi connectivity index (χ2v) is 9.82. The fourth-order valence-electron chi connectivity index (χ4n) is 4.30. The van der Waals surface area contributed by atoms with Crippen molar-refractivity contribution < 1.29 is 0 Å². The lowest BCUT2D eigenvalue weighted by molar-refractivity contribution is 0.528. The summed E-state index contributed by atoms with van der Waals surface area (Å²) < 4.78 is 0. The number of hydrogen-bond donors (Lipinski definition) is 0. The van der Waals surface area contributed by atoms with Gasteiger partial charge >= 0.3 is 0 Å². The minimum Gasteiger partial charge on any atom is -0.0885 e. The average molecular weight is 433 g/mol. The summed E-state index contributed by atoms with van der Waals surface area (Å²) in [5.74, 6) is 0. The third-order valence-electron chi connectivity index (χ3n) is 6.52. The van der Waals surface area contributed by atoms with E-state index in [9.17, 15) is 0 Å². The fourth-order valence-corrected chi connectivity index (χ4v) is 4.30. The van der Waals surface area contributed by atoms with E-state index in [1.54, 1.807) is 0 Å². The third kappa shape index (κ3) is 29.5. The number of rotatable bonds is 26. The van der Waals surface area contributed by atoms with Crippen LogP contribution in [0.2, 0.25) is 0 Å². The molecule has 0 saturated carbocycles. The van der Waals surface area contributed by atoms with Crippen molar-refractivity contribution in [1.82, 2.24) is 0 Å². The Morgan fingerprint density at radius 1 is 0.258 bits per heavy atom. The molecular weight excluding hydrogens is 372 g/mol. The summed E-state index contributed by atoms with van der Waals surface area (Å²) in [5.41, 5.74) is 0. The zero-order chi connectivity index (χ0) is 22.5. The molecule has 0 aromatic heterocycles. The highest BCUT2D eigenvalue weighted by molar-refractivity contribution is 4.81. The predicted octanol–water partition coefficient (Wildman–Crippen LogP) is 11.9. The van der Waals surface area contributed by atoms with Crippen molar-refractivity contribution in [1.29, 1.82) is 0 Å². The topological polar surface area (TPSA) is 0 Å². The standard InChI is InChI=1S/C31H60/c1-3-5-7-9-11-13-15-17-19-21-23-25-27-29-31-30-28-26-24-22-20-18-16-14-12-10-8-6-4-2/h9,11-12,14H,3-8,10,13,15-31H2,1-2H3/b11-9-,14-12-. The first-order valence-electron chi connectivity index (χ1n) is 14.7. The van der Waals surface area contributed by atoms with E-state index in [2.05, 4.69) is 38.2 Å². The van der Waals surface area contributed by atoms with Crippen molar-refractivity contribution in [2.24, 2.45) is 0 Å². The largest absolute Gasteiger partial charge is 0.0885 e. The van der Waals surface area contributed by atoms with E-state index < -0.39 is 0 Å². The first kappa shape index (κ1) is 30.5. The van der Waals surface area contributed by atoms with Crippen LogP contribution >= 0.6 is 0 Å². The van der Waals surface area contributed by atoms with Crippen LogP contribution in [-0.2, 0) is 0 Å². The van der Waals surface area contributed by atoms with Crippen molar-refractivity contribution in [3.63, 3.8) is 0 Å². The molecule has 31 heavy (non-hydrogen) atoms. The monoisotopic (exact) mass is 432 g/mol. The van der Waals surface area contributed by atoms with Crippen LogP contribution in [0.25, 0.3) is 0 Å². The van der Waals surface area contributed by atoms with E-state index in [0.29, 0.717) is 0 Å². The Hall–Kier alpha value is -0.520. The first-order chi connectivity index (χ1) is 15.4. The molecule has 0 amide bonds. The highest BCUT2D eigenvalue weighted by atomic mass is 14.0. The molecule has 0 atom stereocenters. The molecular formula is C31H60. The SMILES string of the molecule is CCCC/C=C\CCCCCCCCCCCCCCCCCC/C=C\CCCCC. The smallest absolute Gasteiger partial charge is 0.0351 e. The summed E-state index contributed by atoms with van der Waals surface area (Å²) in [6.45, 7) is 4.55. The molecule has 0 aromatic carbocycles. The summed E-state index contributed by atoms with van der Waals surface area (Å²) in [6, 6.07) is 0. The predicted molar refractivity (Wildman–Crippen MR) is 145 cm³/mol. The molecule has 0 radical (unpaired) electrons. The number of unbranched alkanes of at least 4 members (excludes halogenated alkanes) is 22. The fraction of sp³-hybridized carbons (Fsp3) is 0.871. The van der Waals surface area contributed by atoms with Gasteiger partial charge in [-0.2, -0.15) is 0 Å². The van der Waals surface area contributed by atoms with Gasteiger partial charge in [0.2, 0.25) is 0 Å². The van der Waals surface area contributed by atoms with Crippen LogP contribution in [0.1, 0.15) is 174 Å². The Morgan fingerprint density at radius 3 is 0.774 bits per heavy atom. The van der Waals surface area contributed by atoms with Crippen molar-refractivity contribution >= 4 is 0 Å². The van der Waals surface area contributed by atoms with Gasteiger partial charge in [-0.05, 0) is 44.9 Å². The van der Waals surface area contributed by atoms with Crippen LogP contribution < -0.4 is 0 Å². The molecule has 0 aliphatic carbocycles. The summed E-state index contributed by atoms with van der Waals surface area (Å²) >= 11 is 0. The molecule has 0 unspecified atom stereocenters. The zero-order valence-electron chi connectivity index (χ0n) is 22.0. The van der Waals surface area contributed by atoms with E-state index in [-0.39, 0.29) is 0 Å². The normalized spacial score (nSPS) is 11.9. The van der Waals surface area contributed by atoms with E-state index in [4.69, 9.17) is 0 Å². The van der Waals surface area contributed by atoms with Crippen LogP contribution in [0.15, 0.2) is 24.3 Å². The van der Waals surface area contributed by atoms with Crippen molar-refractivity contribution in [2.75, 3.05) is 0 Å². The second kappa shape index (κ2) is 29.5. The van der Waals surface area contributed by atoms with Gasteiger partial charge in [0.25, 0.3) is 0 Å². The molecule has 0 N–H and O–H groups in total. The average Bonchev–Trinajstić information content (AvgIpc) is 2.78. The molecule has 0 fully saturated rings. The quantitative estimate of drug-likeness (QED) is 0.0941. The third-order valence-corrected chi connectivity index (χ3v) is 6.52. The minimum absolute atomic E-state index is 1.29. The van der Waals surface area contributed by atoms with E-state index in [1.807, 2.05) is 0 Å². The molecule has 0 aromatic rings. The maximum atomic E-state index is 2.42. The van der Waals surface area contributed by atoms with Crippen LogP contribution in [-0.4, -0.2) is 0 Å². The lowest BCUT2D eigenvalue weighted by Gasteiger charge is -2.03. The number of allylic oxidation sites excluding steroid dienone is 4. The van der Waals surface area contributed by atoms with E-state index in [1.165, 1.54) is 161 Å². The van der Waals surface area contributed by atoms with Crippen molar-refractivity contribution in [3.8, 4) is 0 Å². The molecule has 0 aliphatic heterocycles. The number of hydrogen-bond acceptors (Lipinski definition) is 0. The van der Waals surface area contributed by atoms with Gasteiger partial charge in [0.15, 0.2) is 0 Å². The van der Waals surface area contributed by atoms with Crippen molar-refractivity contribution in [3.05, 3.63) is 24.3 Å². The second-order valence-electron chi connectivity index (χ2n) is 9.82. The van der Waals surface area contributed by atoms with Gasteiger partial charge in [-0.3, -0.25) is 0 Å². The zero-order valence-corrected chi connectivity index (χ0v) is 22.0. The van der Waals surface area contributed by atoms with E-state index in [0.717, 1.165) is 0 Å². The summed E-state index contributed by atoms with van der Waals surface area (Å²) in [6.07, 6.45) is 44.9. The maximum absolute atomic E-state index is 2.42. The molecule has 0 heteroatoms. The Balaban J connectivity index is 3.06. The van der Waals surface area contributed by atoms with Crippen LogP contribution in [0.5, 0.6) is 0 Å². The molecule has 0 nitrogen and oxygen atoms in total. The van der Waals surface area contributed by atoms with Crippen LogP contribution in [0.4, 0.5) is 0 Å². The highest BCUT2D eigenvalue weighted by Gasteiger charge is 1.95. The molecule has 0 spiro atoms. The lowest BCUT2D eigenvalue weighted by Crippen LogP contribution is -1.84. The summed E-state index contributed by atoms with van der Waals surface area (Å²) in [7, 11) is 0. The maximum Gasteiger partial charge on any atom is -0.0351 e. The Labute approximate surface area is 198 Å². The van der Waals surface area contributed by atoms with Gasteiger partial charge < -0.3 is 0 Å². The molecule has 0 saturated heterocycles. The van der Waals surface area contributed by atoms with Gasteiger partial charge in [0.05, 0.1) is 0 Å². The van der Waals surface area contributed by atoms with Crippen LogP contribution in [0, 0.1) is 0 Å². The molecule has 0 bridgehead atoms. The molecule has 184 valence electrons. The molecule has 0 heterocycles. The summed E-state index contributed by atoms with van der Waals surface area (Å²) in [5, 5.41) is 0. The first-order valence-corrected chi connectivity index (χ1v) is 14.7. The van der Waals surface area contributed by atoms with Gasteiger partial charge in [-0.25, -0.2) is 0 Å². The van der Waals surface area contributed by atoms with Crippen molar-refractivity contribution in [2.45, 2.75) is 174 Å².